The number of primary amides is 1. The first kappa shape index (κ1) is 66.1. The van der Waals surface area contributed by atoms with Gasteiger partial charge in [0.05, 0.1) is 6.04 Å². The van der Waals surface area contributed by atoms with Crippen molar-refractivity contribution in [2.24, 2.45) is 11.5 Å². The SMILES string of the molecule is CCCCCCCCCCCCCCCCCCO[C@@H]1O[C@H](C(=O)NCCCC[C@@H](NC(=O)[C@@H](N)Cc2c(C)cc(O)cc2C)C(=O)N[C@@H](Cc2c(C)cc(C)cc2C)C(=O)N[C@@H](Cc2ccccc2)C(N)=O)[C@@H](O)[C@H](O)[C@H]1O. The van der Waals surface area contributed by atoms with E-state index in [9.17, 15) is 44.4 Å². The van der Waals surface area contributed by atoms with Crippen molar-refractivity contribution in [1.82, 2.24) is 21.3 Å². The molecule has 0 spiro atoms. The number of aromatic hydroxyl groups is 1. The Morgan fingerprint density at radius 1 is 0.582 bits per heavy atom. The molecule has 3 aromatic rings. The maximum absolute atomic E-state index is 14.5. The summed E-state index contributed by atoms with van der Waals surface area (Å²) < 4.78 is 11.5. The summed E-state index contributed by atoms with van der Waals surface area (Å²) in [7, 11) is 0. The van der Waals surface area contributed by atoms with Gasteiger partial charge < -0.3 is 62.6 Å². The van der Waals surface area contributed by atoms with Gasteiger partial charge in [0.2, 0.25) is 23.6 Å². The quantitative estimate of drug-likeness (QED) is 0.0274. The van der Waals surface area contributed by atoms with Crippen LogP contribution >= 0.6 is 0 Å². The summed E-state index contributed by atoms with van der Waals surface area (Å²) in [5, 5.41) is 53.5. The maximum atomic E-state index is 14.5. The molecule has 9 atom stereocenters. The molecule has 3 aromatic carbocycles. The summed E-state index contributed by atoms with van der Waals surface area (Å²) in [6.45, 7) is 11.9. The molecule has 1 heterocycles. The number of benzene rings is 3. The van der Waals surface area contributed by atoms with Gasteiger partial charge in [0.15, 0.2) is 12.4 Å². The van der Waals surface area contributed by atoms with Crippen molar-refractivity contribution in [1.29, 1.82) is 0 Å². The highest BCUT2D eigenvalue weighted by Gasteiger charge is 2.47. The Morgan fingerprint density at radius 2 is 1.08 bits per heavy atom. The monoisotopic (exact) mass is 1100 g/mol. The fourth-order valence-corrected chi connectivity index (χ4v) is 10.6. The first-order chi connectivity index (χ1) is 37.8. The van der Waals surface area contributed by atoms with Gasteiger partial charge in [-0.1, -0.05) is 151 Å². The van der Waals surface area contributed by atoms with Crippen LogP contribution < -0.4 is 32.7 Å². The maximum Gasteiger partial charge on any atom is 0.252 e. The summed E-state index contributed by atoms with van der Waals surface area (Å²) >= 11 is 0. The molecule has 0 saturated carbocycles. The van der Waals surface area contributed by atoms with E-state index in [1.165, 1.54) is 77.0 Å². The molecule has 17 heteroatoms. The van der Waals surface area contributed by atoms with E-state index in [0.29, 0.717) is 6.42 Å². The molecule has 79 heavy (non-hydrogen) atoms. The lowest BCUT2D eigenvalue weighted by Gasteiger charge is -2.39. The number of unbranched alkanes of at least 4 members (excludes halogenated alkanes) is 16. The van der Waals surface area contributed by atoms with Gasteiger partial charge >= 0.3 is 0 Å². The van der Waals surface area contributed by atoms with Gasteiger partial charge in [-0.05, 0) is 118 Å². The summed E-state index contributed by atoms with van der Waals surface area (Å²) in [6, 6.07) is 11.5. The highest BCUT2D eigenvalue weighted by atomic mass is 16.7. The molecule has 0 radical (unpaired) electrons. The number of aliphatic hydroxyl groups excluding tert-OH is 3. The minimum atomic E-state index is -1.73. The molecule has 1 aliphatic rings. The molecule has 0 unspecified atom stereocenters. The largest absolute Gasteiger partial charge is 0.508 e. The van der Waals surface area contributed by atoms with Crippen LogP contribution in [0, 0.1) is 34.6 Å². The van der Waals surface area contributed by atoms with Gasteiger partial charge in [-0.15, -0.1) is 0 Å². The van der Waals surface area contributed by atoms with Crippen LogP contribution in [0.2, 0.25) is 0 Å². The average molecular weight is 1100 g/mol. The van der Waals surface area contributed by atoms with E-state index >= 15 is 0 Å². The van der Waals surface area contributed by atoms with Crippen molar-refractivity contribution in [2.45, 2.75) is 238 Å². The number of phenols is 1. The van der Waals surface area contributed by atoms with Crippen molar-refractivity contribution < 1.29 is 53.9 Å². The third-order valence-electron chi connectivity index (χ3n) is 15.2. The predicted molar refractivity (Wildman–Crippen MR) is 308 cm³/mol. The molecule has 12 N–H and O–H groups in total. The number of amides is 5. The zero-order valence-electron chi connectivity index (χ0n) is 48.2. The number of nitrogens with one attached hydrogen (secondary N) is 4. The Balaban J connectivity index is 1.36. The molecule has 5 amide bonds. The van der Waals surface area contributed by atoms with Crippen molar-refractivity contribution in [2.75, 3.05) is 13.2 Å². The molecule has 1 aliphatic heterocycles. The highest BCUT2D eigenvalue weighted by Crippen LogP contribution is 2.25. The highest BCUT2D eigenvalue weighted by molar-refractivity contribution is 5.95. The van der Waals surface area contributed by atoms with E-state index < -0.39 is 84.4 Å². The molecule has 1 saturated heterocycles. The minimum absolute atomic E-state index is 0.0367. The number of carbonyl (C=O) groups is 5. The van der Waals surface area contributed by atoms with Crippen LogP contribution in [-0.4, -0.2) is 118 Å². The molecular weight excluding hydrogens is 1000 g/mol. The van der Waals surface area contributed by atoms with Crippen LogP contribution in [0.1, 0.15) is 173 Å². The molecule has 440 valence electrons. The van der Waals surface area contributed by atoms with Crippen LogP contribution in [0.15, 0.2) is 54.6 Å². The van der Waals surface area contributed by atoms with Gasteiger partial charge in [-0.3, -0.25) is 24.0 Å². The average Bonchev–Trinajstić information content (AvgIpc) is 3.41. The third-order valence-corrected chi connectivity index (χ3v) is 15.2. The van der Waals surface area contributed by atoms with E-state index in [1.807, 2.05) is 63.2 Å². The van der Waals surface area contributed by atoms with Gasteiger partial charge in [-0.25, -0.2) is 0 Å². The number of ether oxygens (including phenoxy) is 2. The lowest BCUT2D eigenvalue weighted by atomic mass is 9.93. The van der Waals surface area contributed by atoms with Crippen molar-refractivity contribution >= 4 is 29.5 Å². The second-order valence-corrected chi connectivity index (χ2v) is 22.1. The van der Waals surface area contributed by atoms with Crippen LogP contribution in [0.3, 0.4) is 0 Å². The van der Waals surface area contributed by atoms with E-state index in [2.05, 4.69) is 28.2 Å². The van der Waals surface area contributed by atoms with E-state index in [4.69, 9.17) is 20.9 Å². The number of phenolic OH excluding ortho intramolecular Hbond substituents is 1. The number of rotatable bonds is 37. The summed E-state index contributed by atoms with van der Waals surface area (Å²) in [4.78, 5) is 69.0. The van der Waals surface area contributed by atoms with Gasteiger partial charge in [0.25, 0.3) is 5.91 Å². The van der Waals surface area contributed by atoms with Crippen LogP contribution in [-0.2, 0) is 52.7 Å². The van der Waals surface area contributed by atoms with E-state index in [0.717, 1.165) is 63.8 Å². The second-order valence-electron chi connectivity index (χ2n) is 22.1. The van der Waals surface area contributed by atoms with Gasteiger partial charge in [0.1, 0.15) is 42.2 Å². The first-order valence-electron chi connectivity index (χ1n) is 29.3. The fourth-order valence-electron chi connectivity index (χ4n) is 10.6. The molecular formula is C62H96N6O11. The Bertz CT molecular complexity index is 2310. The van der Waals surface area contributed by atoms with Crippen LogP contribution in [0.5, 0.6) is 5.75 Å². The molecule has 1 fully saturated rings. The van der Waals surface area contributed by atoms with Crippen LogP contribution in [0.25, 0.3) is 0 Å². The second kappa shape index (κ2) is 35.3. The standard InChI is InChI=1S/C62H96N6O11/c1-7-8-9-10-11-12-13-14-15-16-17-18-19-20-21-27-32-78-62-55(72)53(70)54(71)56(79-62)61(77)65-31-26-25-30-50(66-58(74)49(63)38-47-43(5)35-46(69)36-44(47)6)59(75)68-52(39-48-41(3)33-40(2)34-42(48)4)60(76)67-51(57(64)73)37-45-28-23-22-24-29-45/h22-24,28-29,33-36,49-56,62,69-72H,7-21,25-27,30-32,37-39,63H2,1-6H3,(H2,64,73)(H,65,77)(H,66,74)(H,67,76)(H,68,75)/t49-,50+,51-,52-,53-,54-,55+,56-,62+/m0/s1. The Morgan fingerprint density at radius 3 is 1.63 bits per heavy atom. The molecule has 17 nitrogen and oxygen atoms in total. The number of aryl methyl sites for hydroxylation is 5. The van der Waals surface area contributed by atoms with Crippen molar-refractivity contribution in [3.8, 4) is 5.75 Å². The Kier molecular flexibility index (Phi) is 29.6. The molecule has 4 rings (SSSR count). The fraction of sp³-hybridized carbons (Fsp3) is 0.629. The summed E-state index contributed by atoms with van der Waals surface area (Å²) in [6.07, 6.45) is 12.5. The molecule has 0 aliphatic carbocycles. The Hall–Kier alpha value is -5.43. The van der Waals surface area contributed by atoms with Crippen molar-refractivity contribution in [3.63, 3.8) is 0 Å². The zero-order chi connectivity index (χ0) is 57.9. The van der Waals surface area contributed by atoms with Crippen LogP contribution in [0.4, 0.5) is 0 Å². The van der Waals surface area contributed by atoms with Gasteiger partial charge in [0, 0.05) is 26.0 Å². The van der Waals surface area contributed by atoms with E-state index in [-0.39, 0.29) is 57.4 Å². The molecule has 0 aromatic heterocycles. The predicted octanol–water partition coefficient (Wildman–Crippen LogP) is 6.60. The Labute approximate surface area is 470 Å². The normalized spacial score (nSPS) is 18.7. The smallest absolute Gasteiger partial charge is 0.252 e. The summed E-state index contributed by atoms with van der Waals surface area (Å²) in [5.74, 6) is -3.41. The number of aliphatic hydroxyl groups is 3. The number of nitrogens with two attached hydrogens (primary N) is 2. The number of hydrogen-bond donors (Lipinski definition) is 10. The lowest BCUT2D eigenvalue weighted by Crippen LogP contribution is -2.62. The lowest BCUT2D eigenvalue weighted by molar-refractivity contribution is -0.290. The zero-order valence-corrected chi connectivity index (χ0v) is 48.2. The third kappa shape index (κ3) is 22.9. The minimum Gasteiger partial charge on any atom is -0.508 e. The van der Waals surface area contributed by atoms with E-state index in [1.54, 1.807) is 26.0 Å². The number of hydrogen-bond acceptors (Lipinski definition) is 12. The first-order valence-corrected chi connectivity index (χ1v) is 29.3. The van der Waals surface area contributed by atoms with Crippen molar-refractivity contribution in [3.05, 3.63) is 99.1 Å². The topological polar surface area (TPSA) is 285 Å². The van der Waals surface area contributed by atoms with Gasteiger partial charge in [-0.2, -0.15) is 0 Å². The number of carbonyl (C=O) groups excluding carboxylic acids is 5. The molecule has 0 bridgehead atoms. The summed E-state index contributed by atoms with van der Waals surface area (Å²) in [5.41, 5.74) is 18.9.